The number of hydrogen-bond acceptors (Lipinski definition) is 2. The Hall–Kier alpha value is -0.290. The van der Waals surface area contributed by atoms with Crippen LogP contribution in [-0.2, 0) is 0 Å². The van der Waals surface area contributed by atoms with Crippen molar-refractivity contribution < 1.29 is 4.79 Å². The Morgan fingerprint density at radius 3 is 2.67 bits per heavy atom. The lowest BCUT2D eigenvalue weighted by Gasteiger charge is -2.23. The largest absolute Gasteiger partial charge is 0.349 e. The molecule has 0 bridgehead atoms. The number of nitrogens with one attached hydrogen (secondary N) is 2. The third-order valence-electron chi connectivity index (χ3n) is 2.85. The minimum absolute atomic E-state index is 0. The zero-order valence-electron chi connectivity index (χ0n) is 9.71. The molecule has 1 aliphatic heterocycles. The van der Waals surface area contributed by atoms with Crippen LogP contribution in [0.3, 0.4) is 0 Å². The molecule has 18 heavy (non-hydrogen) atoms. The number of benzene rings is 1. The SMILES string of the molecule is Cl.O=C(NC1CCNCC1)c1ccc(Cl)cc1Br. The van der Waals surface area contributed by atoms with Crippen LogP contribution in [0.2, 0.25) is 5.02 Å². The van der Waals surface area contributed by atoms with Crippen molar-refractivity contribution in [1.29, 1.82) is 0 Å². The van der Waals surface area contributed by atoms with Gasteiger partial charge in [0.25, 0.3) is 5.91 Å². The van der Waals surface area contributed by atoms with E-state index in [-0.39, 0.29) is 24.4 Å². The topological polar surface area (TPSA) is 41.1 Å². The molecule has 1 aromatic rings. The van der Waals surface area contributed by atoms with Crippen molar-refractivity contribution in [3.05, 3.63) is 33.3 Å². The molecule has 2 rings (SSSR count). The van der Waals surface area contributed by atoms with Gasteiger partial charge in [0.15, 0.2) is 0 Å². The smallest absolute Gasteiger partial charge is 0.252 e. The van der Waals surface area contributed by atoms with Crippen molar-refractivity contribution in [3.63, 3.8) is 0 Å². The maximum Gasteiger partial charge on any atom is 0.252 e. The highest BCUT2D eigenvalue weighted by atomic mass is 79.9. The van der Waals surface area contributed by atoms with Gasteiger partial charge in [-0.3, -0.25) is 4.79 Å². The summed E-state index contributed by atoms with van der Waals surface area (Å²) in [6, 6.07) is 5.47. The van der Waals surface area contributed by atoms with Crippen molar-refractivity contribution in [1.82, 2.24) is 10.6 Å². The van der Waals surface area contributed by atoms with E-state index in [1.54, 1.807) is 18.2 Å². The Kier molecular flexibility index (Phi) is 6.43. The zero-order valence-corrected chi connectivity index (χ0v) is 12.9. The lowest BCUT2D eigenvalue weighted by Crippen LogP contribution is -2.42. The monoisotopic (exact) mass is 352 g/mol. The summed E-state index contributed by atoms with van der Waals surface area (Å²) in [5.41, 5.74) is 0.632. The van der Waals surface area contributed by atoms with Gasteiger partial charge in [-0.2, -0.15) is 0 Å². The van der Waals surface area contributed by atoms with Gasteiger partial charge < -0.3 is 10.6 Å². The van der Waals surface area contributed by atoms with E-state index in [0.29, 0.717) is 10.6 Å². The third kappa shape index (κ3) is 4.12. The Bertz CT molecular complexity index is 423. The second kappa shape index (κ2) is 7.34. The van der Waals surface area contributed by atoms with E-state index in [0.717, 1.165) is 30.4 Å². The minimum atomic E-state index is -0.0413. The molecule has 0 spiro atoms. The first-order valence-corrected chi connectivity index (χ1v) is 6.80. The average Bonchev–Trinajstić information content (AvgIpc) is 2.30. The van der Waals surface area contributed by atoms with E-state index < -0.39 is 0 Å². The molecule has 0 saturated carbocycles. The maximum absolute atomic E-state index is 12.0. The summed E-state index contributed by atoms with van der Waals surface area (Å²) in [6.07, 6.45) is 1.97. The quantitative estimate of drug-likeness (QED) is 0.858. The molecule has 0 unspecified atom stereocenters. The van der Waals surface area contributed by atoms with Gasteiger partial charge in [0.2, 0.25) is 0 Å². The van der Waals surface area contributed by atoms with Crippen molar-refractivity contribution in [2.24, 2.45) is 0 Å². The Labute approximate surface area is 126 Å². The van der Waals surface area contributed by atoms with Gasteiger partial charge in [-0.1, -0.05) is 11.6 Å². The lowest BCUT2D eigenvalue weighted by atomic mass is 10.1. The number of amides is 1. The molecule has 1 amide bonds. The van der Waals surface area contributed by atoms with Crippen LogP contribution in [0.5, 0.6) is 0 Å². The van der Waals surface area contributed by atoms with Crippen molar-refractivity contribution in [3.8, 4) is 0 Å². The van der Waals surface area contributed by atoms with Crippen LogP contribution in [0.25, 0.3) is 0 Å². The van der Waals surface area contributed by atoms with Crippen molar-refractivity contribution in [2.75, 3.05) is 13.1 Å². The molecule has 0 atom stereocenters. The second-order valence-corrected chi connectivity index (χ2v) is 5.41. The fourth-order valence-electron chi connectivity index (χ4n) is 1.90. The van der Waals surface area contributed by atoms with Crippen LogP contribution in [0.1, 0.15) is 23.2 Å². The molecule has 1 aliphatic rings. The highest BCUT2D eigenvalue weighted by molar-refractivity contribution is 9.10. The van der Waals surface area contributed by atoms with Gasteiger partial charge in [-0.15, -0.1) is 12.4 Å². The van der Waals surface area contributed by atoms with Crippen LogP contribution in [0.4, 0.5) is 0 Å². The van der Waals surface area contributed by atoms with Crippen LogP contribution < -0.4 is 10.6 Å². The summed E-state index contributed by atoms with van der Waals surface area (Å²) in [7, 11) is 0. The maximum atomic E-state index is 12.0. The Morgan fingerprint density at radius 1 is 1.39 bits per heavy atom. The molecule has 2 N–H and O–H groups in total. The van der Waals surface area contributed by atoms with Gasteiger partial charge >= 0.3 is 0 Å². The van der Waals surface area contributed by atoms with Crippen molar-refractivity contribution >= 4 is 45.8 Å². The number of hydrogen-bond donors (Lipinski definition) is 2. The summed E-state index contributed by atoms with van der Waals surface area (Å²) in [5, 5.41) is 6.93. The number of carbonyl (C=O) groups is 1. The highest BCUT2D eigenvalue weighted by Gasteiger charge is 2.17. The molecular formula is C12H15BrCl2N2O. The van der Waals surface area contributed by atoms with Crippen LogP contribution >= 0.6 is 39.9 Å². The molecule has 0 aliphatic carbocycles. The van der Waals surface area contributed by atoms with E-state index in [9.17, 15) is 4.79 Å². The van der Waals surface area contributed by atoms with Gasteiger partial charge in [0, 0.05) is 15.5 Å². The van der Waals surface area contributed by atoms with Gasteiger partial charge in [0.1, 0.15) is 0 Å². The lowest BCUT2D eigenvalue weighted by molar-refractivity contribution is 0.0929. The number of rotatable bonds is 2. The van der Waals surface area contributed by atoms with E-state index in [4.69, 9.17) is 11.6 Å². The number of piperidine rings is 1. The normalized spacial score (nSPS) is 15.9. The molecule has 1 heterocycles. The van der Waals surface area contributed by atoms with Gasteiger partial charge in [0.05, 0.1) is 5.56 Å². The summed E-state index contributed by atoms with van der Waals surface area (Å²) in [5.74, 6) is -0.0413. The first-order valence-electron chi connectivity index (χ1n) is 5.63. The van der Waals surface area contributed by atoms with Gasteiger partial charge in [-0.05, 0) is 60.1 Å². The molecule has 0 radical (unpaired) electrons. The van der Waals surface area contributed by atoms with Crippen molar-refractivity contribution in [2.45, 2.75) is 18.9 Å². The molecule has 3 nitrogen and oxygen atoms in total. The summed E-state index contributed by atoms with van der Waals surface area (Å²) < 4.78 is 0.733. The predicted octanol–water partition coefficient (Wildman–Crippen LogP) is 3.01. The van der Waals surface area contributed by atoms with E-state index in [2.05, 4.69) is 26.6 Å². The third-order valence-corrected chi connectivity index (χ3v) is 3.74. The molecule has 1 saturated heterocycles. The van der Waals surface area contributed by atoms with E-state index >= 15 is 0 Å². The molecule has 100 valence electrons. The average molecular weight is 354 g/mol. The Balaban J connectivity index is 0.00000162. The Morgan fingerprint density at radius 2 is 2.06 bits per heavy atom. The highest BCUT2D eigenvalue weighted by Crippen LogP contribution is 2.21. The first kappa shape index (κ1) is 15.8. The fraction of sp³-hybridized carbons (Fsp3) is 0.417. The number of carbonyl (C=O) groups excluding carboxylic acids is 1. The number of halogens is 3. The molecular weight excluding hydrogens is 339 g/mol. The molecule has 0 aromatic heterocycles. The van der Waals surface area contributed by atoms with Crippen LogP contribution in [0, 0.1) is 0 Å². The predicted molar refractivity (Wildman–Crippen MR) is 79.8 cm³/mol. The summed E-state index contributed by atoms with van der Waals surface area (Å²) in [4.78, 5) is 12.0. The minimum Gasteiger partial charge on any atom is -0.349 e. The summed E-state index contributed by atoms with van der Waals surface area (Å²) >= 11 is 9.20. The van der Waals surface area contributed by atoms with Crippen LogP contribution in [-0.4, -0.2) is 25.0 Å². The van der Waals surface area contributed by atoms with Crippen LogP contribution in [0.15, 0.2) is 22.7 Å². The standard InChI is InChI=1S/C12H14BrClN2O.ClH/c13-11-7-8(14)1-2-10(11)12(17)16-9-3-5-15-6-4-9;/h1-2,7,9,15H,3-6H2,(H,16,17);1H. The fourth-order valence-corrected chi connectivity index (χ4v) is 2.77. The zero-order chi connectivity index (χ0) is 12.3. The van der Waals surface area contributed by atoms with E-state index in [1.165, 1.54) is 0 Å². The second-order valence-electron chi connectivity index (χ2n) is 4.12. The molecule has 1 aromatic carbocycles. The van der Waals surface area contributed by atoms with Gasteiger partial charge in [-0.25, -0.2) is 0 Å². The summed E-state index contributed by atoms with van der Waals surface area (Å²) in [6.45, 7) is 1.93. The first-order chi connectivity index (χ1) is 8.16. The molecule has 1 fully saturated rings. The van der Waals surface area contributed by atoms with E-state index in [1.807, 2.05) is 0 Å². The molecule has 6 heteroatoms.